The van der Waals surface area contributed by atoms with Crippen molar-refractivity contribution < 1.29 is 13.4 Å². The van der Waals surface area contributed by atoms with E-state index in [2.05, 4.69) is 10.3 Å². The van der Waals surface area contributed by atoms with E-state index in [1.165, 1.54) is 6.26 Å². The molecule has 0 saturated carbocycles. The van der Waals surface area contributed by atoms with Gasteiger partial charge in [-0.1, -0.05) is 17.7 Å². The van der Waals surface area contributed by atoms with E-state index in [9.17, 15) is 9.00 Å². The van der Waals surface area contributed by atoms with E-state index in [0.717, 1.165) is 11.1 Å². The first kappa shape index (κ1) is 18.4. The summed E-state index contributed by atoms with van der Waals surface area (Å²) in [6.45, 7) is 9.36. The van der Waals surface area contributed by atoms with Crippen LogP contribution in [0.1, 0.15) is 39.0 Å². The summed E-state index contributed by atoms with van der Waals surface area (Å²) in [5, 5.41) is 2.24. The van der Waals surface area contributed by atoms with E-state index < -0.39 is 16.0 Å². The largest absolute Gasteiger partial charge is 0.444 e. The second kappa shape index (κ2) is 7.30. The van der Waals surface area contributed by atoms with E-state index in [4.69, 9.17) is 4.42 Å². The number of amides is 1. The van der Waals surface area contributed by atoms with Gasteiger partial charge in [0.2, 0.25) is 11.8 Å². The minimum absolute atomic E-state index is 0.189. The van der Waals surface area contributed by atoms with Gasteiger partial charge in [0.1, 0.15) is 11.5 Å². The SMILES string of the molecule is Cc1ccc(-c2nc(CS(=O)C(C)C(=O)NC(C)(C)C)co2)cc1. The van der Waals surface area contributed by atoms with Crippen LogP contribution in [0, 0.1) is 6.92 Å². The average molecular weight is 348 g/mol. The smallest absolute Gasteiger partial charge is 0.235 e. The Kier molecular flexibility index (Phi) is 5.59. The van der Waals surface area contributed by atoms with Crippen LogP contribution in [-0.4, -0.2) is 25.9 Å². The molecule has 0 bridgehead atoms. The van der Waals surface area contributed by atoms with Gasteiger partial charge in [-0.3, -0.25) is 9.00 Å². The fraction of sp³-hybridized carbons (Fsp3) is 0.444. The van der Waals surface area contributed by atoms with Crippen LogP contribution in [-0.2, 0) is 21.3 Å². The summed E-state index contributed by atoms with van der Waals surface area (Å²) in [7, 11) is -1.36. The second-order valence-electron chi connectivity index (χ2n) is 6.92. The van der Waals surface area contributed by atoms with Gasteiger partial charge in [0.25, 0.3) is 0 Å². The van der Waals surface area contributed by atoms with Crippen LogP contribution in [0.15, 0.2) is 34.9 Å². The number of carbonyl (C=O) groups is 1. The number of nitrogens with one attached hydrogen (secondary N) is 1. The van der Waals surface area contributed by atoms with Crippen molar-refractivity contribution in [3.8, 4) is 11.5 Å². The lowest BCUT2D eigenvalue weighted by molar-refractivity contribution is -0.121. The van der Waals surface area contributed by atoms with Gasteiger partial charge in [0.05, 0.1) is 11.4 Å². The van der Waals surface area contributed by atoms with Gasteiger partial charge in [-0.15, -0.1) is 0 Å². The minimum atomic E-state index is -1.36. The van der Waals surface area contributed by atoms with Gasteiger partial charge in [-0.05, 0) is 46.8 Å². The lowest BCUT2D eigenvalue weighted by atomic mass is 10.1. The normalized spacial score (nSPS) is 14.2. The molecule has 0 aliphatic heterocycles. The molecule has 2 rings (SSSR count). The van der Waals surface area contributed by atoms with Crippen molar-refractivity contribution in [3.63, 3.8) is 0 Å². The maximum Gasteiger partial charge on any atom is 0.235 e. The van der Waals surface area contributed by atoms with E-state index in [0.29, 0.717) is 11.6 Å². The highest BCUT2D eigenvalue weighted by Crippen LogP contribution is 2.20. The molecule has 0 aliphatic rings. The summed E-state index contributed by atoms with van der Waals surface area (Å²) in [6, 6.07) is 7.83. The number of hydrogen-bond acceptors (Lipinski definition) is 4. The summed E-state index contributed by atoms with van der Waals surface area (Å²) in [4.78, 5) is 16.5. The van der Waals surface area contributed by atoms with E-state index in [1.54, 1.807) is 6.92 Å². The van der Waals surface area contributed by atoms with Crippen molar-refractivity contribution in [2.24, 2.45) is 0 Å². The molecule has 5 nitrogen and oxygen atoms in total. The highest BCUT2D eigenvalue weighted by atomic mass is 32.2. The van der Waals surface area contributed by atoms with Crippen LogP contribution in [0.25, 0.3) is 11.5 Å². The van der Waals surface area contributed by atoms with Gasteiger partial charge in [-0.2, -0.15) is 0 Å². The monoisotopic (exact) mass is 348 g/mol. The van der Waals surface area contributed by atoms with Crippen LogP contribution < -0.4 is 5.32 Å². The Bertz CT molecular complexity index is 729. The lowest BCUT2D eigenvalue weighted by Crippen LogP contribution is -2.46. The summed E-state index contributed by atoms with van der Waals surface area (Å²) in [6.07, 6.45) is 1.50. The second-order valence-corrected chi connectivity index (χ2v) is 8.67. The molecule has 0 fully saturated rings. The predicted molar refractivity (Wildman–Crippen MR) is 95.9 cm³/mol. The van der Waals surface area contributed by atoms with Crippen molar-refractivity contribution in [1.82, 2.24) is 10.3 Å². The van der Waals surface area contributed by atoms with Crippen molar-refractivity contribution in [3.05, 3.63) is 41.8 Å². The summed E-state index contributed by atoms with van der Waals surface area (Å²) in [5.74, 6) is 0.463. The van der Waals surface area contributed by atoms with Crippen LogP contribution in [0.4, 0.5) is 0 Å². The zero-order chi connectivity index (χ0) is 17.9. The number of nitrogens with zero attached hydrogens (tertiary/aromatic N) is 1. The molecule has 0 spiro atoms. The van der Waals surface area contributed by atoms with Crippen LogP contribution in [0.5, 0.6) is 0 Å². The zero-order valence-electron chi connectivity index (χ0n) is 14.8. The van der Waals surface area contributed by atoms with Crippen LogP contribution >= 0.6 is 0 Å². The number of carbonyl (C=O) groups excluding carboxylic acids is 1. The zero-order valence-corrected chi connectivity index (χ0v) is 15.6. The third-order valence-electron chi connectivity index (χ3n) is 3.40. The quantitative estimate of drug-likeness (QED) is 0.900. The Morgan fingerprint density at radius 2 is 1.92 bits per heavy atom. The molecular formula is C18H24N2O3S. The Morgan fingerprint density at radius 1 is 1.29 bits per heavy atom. The van der Waals surface area contributed by atoms with Gasteiger partial charge < -0.3 is 9.73 Å². The standard InChI is InChI=1S/C18H24N2O3S/c1-12-6-8-14(9-7-12)17-19-15(10-23-17)11-24(22)13(2)16(21)20-18(3,4)5/h6-10,13H,11H2,1-5H3,(H,20,21). The third-order valence-corrected chi connectivity index (χ3v) is 4.99. The van der Waals surface area contributed by atoms with Crippen molar-refractivity contribution in [2.75, 3.05) is 0 Å². The Labute approximate surface area is 145 Å². The summed E-state index contributed by atoms with van der Waals surface area (Å²) in [5.41, 5.74) is 2.27. The van der Waals surface area contributed by atoms with E-state index in [-0.39, 0.29) is 17.2 Å². The molecule has 2 unspecified atom stereocenters. The molecule has 6 heteroatoms. The number of aromatic nitrogens is 1. The number of aryl methyl sites for hydroxylation is 1. The first-order chi connectivity index (χ1) is 11.2. The highest BCUT2D eigenvalue weighted by molar-refractivity contribution is 7.85. The molecule has 24 heavy (non-hydrogen) atoms. The molecule has 1 amide bonds. The summed E-state index contributed by atoms with van der Waals surface area (Å²) >= 11 is 0. The van der Waals surface area contributed by atoms with Gasteiger partial charge in [0.15, 0.2) is 0 Å². The van der Waals surface area contributed by atoms with Gasteiger partial charge in [-0.25, -0.2) is 4.98 Å². The Hall–Kier alpha value is -1.95. The van der Waals surface area contributed by atoms with Crippen molar-refractivity contribution >= 4 is 16.7 Å². The van der Waals surface area contributed by atoms with E-state index in [1.807, 2.05) is 52.0 Å². The molecule has 1 heterocycles. The molecule has 2 aromatic rings. The predicted octanol–water partition coefficient (Wildman–Crippen LogP) is 3.20. The number of oxazole rings is 1. The molecule has 2 atom stereocenters. The molecule has 0 aliphatic carbocycles. The summed E-state index contributed by atoms with van der Waals surface area (Å²) < 4.78 is 17.9. The number of hydrogen-bond donors (Lipinski definition) is 1. The number of rotatable bonds is 5. The van der Waals surface area contributed by atoms with Crippen LogP contribution in [0.3, 0.4) is 0 Å². The minimum Gasteiger partial charge on any atom is -0.444 e. The first-order valence-electron chi connectivity index (χ1n) is 7.86. The van der Waals surface area contributed by atoms with Crippen molar-refractivity contribution in [2.45, 2.75) is 51.2 Å². The lowest BCUT2D eigenvalue weighted by Gasteiger charge is -2.22. The molecule has 1 aromatic carbocycles. The Morgan fingerprint density at radius 3 is 2.50 bits per heavy atom. The maximum absolute atomic E-state index is 12.4. The molecular weight excluding hydrogens is 324 g/mol. The highest BCUT2D eigenvalue weighted by Gasteiger charge is 2.24. The maximum atomic E-state index is 12.4. The third kappa shape index (κ3) is 5.03. The molecule has 0 saturated heterocycles. The molecule has 1 aromatic heterocycles. The van der Waals surface area contributed by atoms with Crippen molar-refractivity contribution in [1.29, 1.82) is 0 Å². The number of benzene rings is 1. The Balaban J connectivity index is 2.02. The van der Waals surface area contributed by atoms with Gasteiger partial charge >= 0.3 is 0 Å². The van der Waals surface area contributed by atoms with Gasteiger partial charge in [0, 0.05) is 21.9 Å². The first-order valence-corrected chi connectivity index (χ1v) is 9.24. The molecule has 0 radical (unpaired) electrons. The fourth-order valence-corrected chi connectivity index (χ4v) is 3.04. The molecule has 130 valence electrons. The van der Waals surface area contributed by atoms with Crippen LogP contribution in [0.2, 0.25) is 0 Å². The fourth-order valence-electron chi connectivity index (χ4n) is 2.06. The molecule has 1 N–H and O–H groups in total. The topological polar surface area (TPSA) is 72.2 Å². The average Bonchev–Trinajstić information content (AvgIpc) is 2.93. The van der Waals surface area contributed by atoms with E-state index >= 15 is 0 Å².